The molecular weight excluding hydrogens is 194 g/mol. The number of amides is 1. The SMILES string of the molecule is CCOC(=O)Nc1ccc(C)c(O)c1C. The number of aryl methyl sites for hydroxylation is 1. The van der Waals surface area contributed by atoms with Crippen molar-refractivity contribution in [3.8, 4) is 5.75 Å². The lowest BCUT2D eigenvalue weighted by Gasteiger charge is -2.10. The molecular formula is C11H15NO3. The van der Waals surface area contributed by atoms with Gasteiger partial charge in [0.1, 0.15) is 5.75 Å². The zero-order chi connectivity index (χ0) is 11.4. The number of phenols is 1. The summed E-state index contributed by atoms with van der Waals surface area (Å²) in [4.78, 5) is 11.1. The normalized spacial score (nSPS) is 9.80. The Bertz CT molecular complexity index is 374. The summed E-state index contributed by atoms with van der Waals surface area (Å²) in [5, 5.41) is 12.2. The van der Waals surface area contributed by atoms with Crippen LogP contribution in [0.3, 0.4) is 0 Å². The maximum Gasteiger partial charge on any atom is 0.411 e. The number of hydrogen-bond donors (Lipinski definition) is 2. The van der Waals surface area contributed by atoms with Crippen LogP contribution in [0.15, 0.2) is 12.1 Å². The molecule has 0 aromatic heterocycles. The molecule has 0 aliphatic rings. The van der Waals surface area contributed by atoms with Crippen LogP contribution in [0, 0.1) is 13.8 Å². The average Bonchev–Trinajstić information content (AvgIpc) is 2.20. The lowest BCUT2D eigenvalue weighted by atomic mass is 10.1. The molecule has 0 saturated heterocycles. The number of benzene rings is 1. The Hall–Kier alpha value is -1.71. The average molecular weight is 209 g/mol. The third kappa shape index (κ3) is 2.62. The van der Waals surface area contributed by atoms with E-state index in [0.29, 0.717) is 17.9 Å². The van der Waals surface area contributed by atoms with Crippen molar-refractivity contribution in [3.63, 3.8) is 0 Å². The van der Waals surface area contributed by atoms with Crippen LogP contribution >= 0.6 is 0 Å². The Kier molecular flexibility index (Phi) is 3.55. The van der Waals surface area contributed by atoms with Crippen LogP contribution in [0.25, 0.3) is 0 Å². The molecule has 0 unspecified atom stereocenters. The number of rotatable bonds is 2. The Labute approximate surface area is 88.9 Å². The molecule has 1 aromatic rings. The van der Waals surface area contributed by atoms with Crippen LogP contribution in [0.1, 0.15) is 18.1 Å². The van der Waals surface area contributed by atoms with E-state index in [2.05, 4.69) is 5.32 Å². The summed E-state index contributed by atoms with van der Waals surface area (Å²) >= 11 is 0. The molecule has 1 amide bonds. The maximum absolute atomic E-state index is 11.1. The van der Waals surface area contributed by atoms with Crippen LogP contribution in [0.4, 0.5) is 10.5 Å². The van der Waals surface area contributed by atoms with Crippen molar-refractivity contribution in [2.45, 2.75) is 20.8 Å². The molecule has 0 atom stereocenters. The predicted octanol–water partition coefficient (Wildman–Crippen LogP) is 2.58. The second-order valence-electron chi connectivity index (χ2n) is 3.25. The van der Waals surface area contributed by atoms with Crippen LogP contribution < -0.4 is 5.32 Å². The highest BCUT2D eigenvalue weighted by Crippen LogP contribution is 2.27. The van der Waals surface area contributed by atoms with Crippen LogP contribution in [0.2, 0.25) is 0 Å². The first kappa shape index (κ1) is 11.4. The molecule has 82 valence electrons. The van der Waals surface area contributed by atoms with Gasteiger partial charge in [0.2, 0.25) is 0 Å². The molecule has 0 bridgehead atoms. The number of carbonyl (C=O) groups is 1. The Morgan fingerprint density at radius 1 is 1.47 bits per heavy atom. The zero-order valence-electron chi connectivity index (χ0n) is 9.13. The van der Waals surface area contributed by atoms with Crippen LogP contribution in [-0.2, 0) is 4.74 Å². The minimum absolute atomic E-state index is 0.198. The van der Waals surface area contributed by atoms with E-state index in [-0.39, 0.29) is 5.75 Å². The fourth-order valence-electron chi connectivity index (χ4n) is 1.25. The summed E-state index contributed by atoms with van der Waals surface area (Å²) in [5.74, 6) is 0.198. The number of hydrogen-bond acceptors (Lipinski definition) is 3. The molecule has 4 heteroatoms. The van der Waals surface area contributed by atoms with E-state index >= 15 is 0 Å². The summed E-state index contributed by atoms with van der Waals surface area (Å²) in [6.45, 7) is 5.60. The largest absolute Gasteiger partial charge is 0.507 e. The highest BCUT2D eigenvalue weighted by Gasteiger charge is 2.09. The lowest BCUT2D eigenvalue weighted by Crippen LogP contribution is -2.14. The highest BCUT2D eigenvalue weighted by atomic mass is 16.5. The summed E-state index contributed by atoms with van der Waals surface area (Å²) in [6, 6.07) is 3.48. The first-order valence-electron chi connectivity index (χ1n) is 4.79. The molecule has 4 nitrogen and oxygen atoms in total. The monoisotopic (exact) mass is 209 g/mol. The molecule has 2 N–H and O–H groups in total. The zero-order valence-corrected chi connectivity index (χ0v) is 9.13. The quantitative estimate of drug-likeness (QED) is 0.787. The third-order valence-corrected chi connectivity index (χ3v) is 2.14. The van der Waals surface area contributed by atoms with Gasteiger partial charge in [-0.3, -0.25) is 5.32 Å². The van der Waals surface area contributed by atoms with Crippen molar-refractivity contribution < 1.29 is 14.6 Å². The van der Waals surface area contributed by atoms with Crippen molar-refractivity contribution in [2.75, 3.05) is 11.9 Å². The molecule has 0 saturated carbocycles. The number of anilines is 1. The van der Waals surface area contributed by atoms with E-state index in [1.807, 2.05) is 0 Å². The highest BCUT2D eigenvalue weighted by molar-refractivity contribution is 5.86. The second kappa shape index (κ2) is 4.68. The van der Waals surface area contributed by atoms with Gasteiger partial charge in [0, 0.05) is 5.56 Å². The van der Waals surface area contributed by atoms with Gasteiger partial charge >= 0.3 is 6.09 Å². The molecule has 1 aromatic carbocycles. The number of carbonyl (C=O) groups excluding carboxylic acids is 1. The Morgan fingerprint density at radius 2 is 2.13 bits per heavy atom. The topological polar surface area (TPSA) is 58.6 Å². The van der Waals surface area contributed by atoms with Crippen molar-refractivity contribution >= 4 is 11.8 Å². The van der Waals surface area contributed by atoms with Crippen LogP contribution in [0.5, 0.6) is 5.75 Å². The van der Waals surface area contributed by atoms with Gasteiger partial charge in [0.25, 0.3) is 0 Å². The van der Waals surface area contributed by atoms with Crippen molar-refractivity contribution in [3.05, 3.63) is 23.3 Å². The number of phenolic OH excluding ortho intramolecular Hbond substituents is 1. The standard InChI is InChI=1S/C11H15NO3/c1-4-15-11(14)12-9-6-5-7(2)10(13)8(9)3/h5-6,13H,4H2,1-3H3,(H,12,14). The number of ether oxygens (including phenoxy) is 1. The van der Waals surface area contributed by atoms with Crippen molar-refractivity contribution in [1.82, 2.24) is 0 Å². The van der Waals surface area contributed by atoms with E-state index in [4.69, 9.17) is 4.74 Å². The first-order chi connectivity index (χ1) is 7.06. The predicted molar refractivity (Wildman–Crippen MR) is 58.2 cm³/mol. The van der Waals surface area contributed by atoms with E-state index in [1.54, 1.807) is 32.9 Å². The molecule has 1 rings (SSSR count). The number of nitrogens with one attached hydrogen (secondary N) is 1. The van der Waals surface area contributed by atoms with Gasteiger partial charge in [-0.05, 0) is 32.4 Å². The summed E-state index contributed by atoms with van der Waals surface area (Å²) in [5.41, 5.74) is 1.99. The van der Waals surface area contributed by atoms with Crippen LogP contribution in [-0.4, -0.2) is 17.8 Å². The second-order valence-corrected chi connectivity index (χ2v) is 3.25. The van der Waals surface area contributed by atoms with E-state index < -0.39 is 6.09 Å². The fourth-order valence-corrected chi connectivity index (χ4v) is 1.25. The van der Waals surface area contributed by atoms with Gasteiger partial charge in [-0.25, -0.2) is 4.79 Å². The molecule has 0 spiro atoms. The first-order valence-corrected chi connectivity index (χ1v) is 4.79. The van der Waals surface area contributed by atoms with Gasteiger partial charge < -0.3 is 9.84 Å². The minimum atomic E-state index is -0.510. The molecule has 0 radical (unpaired) electrons. The van der Waals surface area contributed by atoms with Gasteiger partial charge in [0.05, 0.1) is 12.3 Å². The van der Waals surface area contributed by atoms with Gasteiger partial charge in [-0.1, -0.05) is 6.07 Å². The summed E-state index contributed by atoms with van der Waals surface area (Å²) < 4.78 is 4.74. The molecule has 0 heterocycles. The van der Waals surface area contributed by atoms with E-state index in [0.717, 1.165) is 5.56 Å². The lowest BCUT2D eigenvalue weighted by molar-refractivity contribution is 0.168. The van der Waals surface area contributed by atoms with E-state index in [9.17, 15) is 9.90 Å². The number of aromatic hydroxyl groups is 1. The maximum atomic E-state index is 11.1. The Morgan fingerprint density at radius 3 is 2.73 bits per heavy atom. The third-order valence-electron chi connectivity index (χ3n) is 2.14. The molecule has 15 heavy (non-hydrogen) atoms. The van der Waals surface area contributed by atoms with E-state index in [1.165, 1.54) is 0 Å². The summed E-state index contributed by atoms with van der Waals surface area (Å²) in [6.07, 6.45) is -0.510. The molecule has 0 aliphatic carbocycles. The van der Waals surface area contributed by atoms with Gasteiger partial charge in [-0.2, -0.15) is 0 Å². The summed E-state index contributed by atoms with van der Waals surface area (Å²) in [7, 11) is 0. The Balaban J connectivity index is 2.87. The molecule has 0 aliphatic heterocycles. The minimum Gasteiger partial charge on any atom is -0.507 e. The molecule has 0 fully saturated rings. The van der Waals surface area contributed by atoms with Crippen molar-refractivity contribution in [2.24, 2.45) is 0 Å². The van der Waals surface area contributed by atoms with Gasteiger partial charge in [-0.15, -0.1) is 0 Å². The van der Waals surface area contributed by atoms with Crippen molar-refractivity contribution in [1.29, 1.82) is 0 Å². The smallest absolute Gasteiger partial charge is 0.411 e. The van der Waals surface area contributed by atoms with Gasteiger partial charge in [0.15, 0.2) is 0 Å². The fraction of sp³-hybridized carbons (Fsp3) is 0.364.